The van der Waals surface area contributed by atoms with Gasteiger partial charge in [0, 0.05) is 12.8 Å². The molecule has 9 nitrogen and oxygen atoms in total. The zero-order chi connectivity index (χ0) is 44.3. The second kappa shape index (κ2) is 41.8. The zero-order valence-electron chi connectivity index (χ0n) is 38.9. The van der Waals surface area contributed by atoms with E-state index in [4.69, 9.17) is 18.5 Å². The molecule has 346 valence electrons. The summed E-state index contributed by atoms with van der Waals surface area (Å²) in [4.78, 5) is 35.5. The fourth-order valence-corrected chi connectivity index (χ4v) is 6.72. The topological polar surface area (TPSA) is 108 Å². The van der Waals surface area contributed by atoms with Crippen molar-refractivity contribution in [3.63, 3.8) is 0 Å². The lowest BCUT2D eigenvalue weighted by atomic mass is 10.1. The Bertz CT molecular complexity index is 1250. The van der Waals surface area contributed by atoms with E-state index in [1.807, 2.05) is 21.1 Å². The van der Waals surface area contributed by atoms with E-state index >= 15 is 0 Å². The number of allylic oxidation sites excluding steroid dienone is 12. The van der Waals surface area contributed by atoms with Crippen LogP contribution < -0.4 is 0 Å². The van der Waals surface area contributed by atoms with E-state index in [1.165, 1.54) is 64.2 Å². The molecule has 0 spiro atoms. The van der Waals surface area contributed by atoms with Gasteiger partial charge in [-0.15, -0.1) is 0 Å². The Morgan fingerprint density at radius 2 is 0.933 bits per heavy atom. The molecule has 0 saturated carbocycles. The fourth-order valence-electron chi connectivity index (χ4n) is 5.98. The number of esters is 2. The first-order valence-corrected chi connectivity index (χ1v) is 25.2. The molecule has 0 aliphatic heterocycles. The van der Waals surface area contributed by atoms with Crippen LogP contribution in [0.15, 0.2) is 72.9 Å². The average molecular weight is 863 g/mol. The number of hydrogen-bond acceptors (Lipinski definition) is 7. The third kappa shape index (κ3) is 45.0. The minimum Gasteiger partial charge on any atom is -0.462 e. The maximum Gasteiger partial charge on any atom is 0.472 e. The quantitative estimate of drug-likeness (QED) is 0.0212. The van der Waals surface area contributed by atoms with Gasteiger partial charge in [0.2, 0.25) is 0 Å². The standard InChI is InChI=1S/C50H88NO8P/c1-6-8-10-12-14-16-18-20-22-24-25-27-28-30-32-34-36-38-40-42-49(52)56-46-48(47-58-60(54,55)57-45-44-51(3,4)5)59-50(53)43-41-39-37-35-33-31-29-26-23-21-19-17-15-13-11-9-7-2/h11,13-14,16-17,19-20,22-23,26,31,33,48H,6-10,12,15,18,21,24-25,27-30,32,34-47H2,1-5H3/p+1/b13-11+,16-14+,19-17+,22-20+,26-23+,33-31+/t48-/m1/s1. The summed E-state index contributed by atoms with van der Waals surface area (Å²) in [5.74, 6) is -0.843. The van der Waals surface area contributed by atoms with Gasteiger partial charge < -0.3 is 18.9 Å². The van der Waals surface area contributed by atoms with Crippen LogP contribution in [0.25, 0.3) is 0 Å². The van der Waals surface area contributed by atoms with Crippen LogP contribution >= 0.6 is 7.82 Å². The van der Waals surface area contributed by atoms with Gasteiger partial charge in [-0.2, -0.15) is 0 Å². The maximum atomic E-state index is 12.7. The Morgan fingerprint density at radius 3 is 1.42 bits per heavy atom. The molecule has 1 N–H and O–H groups in total. The molecule has 2 atom stereocenters. The molecule has 0 bridgehead atoms. The highest BCUT2D eigenvalue weighted by molar-refractivity contribution is 7.47. The third-order valence-electron chi connectivity index (χ3n) is 9.69. The molecule has 0 heterocycles. The van der Waals surface area contributed by atoms with Crippen LogP contribution in [0.3, 0.4) is 0 Å². The maximum absolute atomic E-state index is 12.7. The molecular weight excluding hydrogens is 774 g/mol. The lowest BCUT2D eigenvalue weighted by Crippen LogP contribution is -2.37. The molecule has 0 fully saturated rings. The molecule has 0 aromatic carbocycles. The summed E-state index contributed by atoms with van der Waals surface area (Å²) in [7, 11) is 1.44. The minimum atomic E-state index is -4.39. The van der Waals surface area contributed by atoms with Crippen LogP contribution in [0.2, 0.25) is 0 Å². The Kier molecular flexibility index (Phi) is 40.0. The number of hydrogen-bond donors (Lipinski definition) is 1. The Labute approximate surface area is 368 Å². The lowest BCUT2D eigenvalue weighted by molar-refractivity contribution is -0.870. The van der Waals surface area contributed by atoms with Crippen LogP contribution in [0, 0.1) is 0 Å². The second-order valence-electron chi connectivity index (χ2n) is 16.8. The van der Waals surface area contributed by atoms with Crippen molar-refractivity contribution in [2.45, 2.75) is 187 Å². The van der Waals surface area contributed by atoms with Gasteiger partial charge in [0.05, 0.1) is 27.7 Å². The summed E-state index contributed by atoms with van der Waals surface area (Å²) < 4.78 is 34.3. The third-order valence-corrected chi connectivity index (χ3v) is 10.7. The van der Waals surface area contributed by atoms with Crippen molar-refractivity contribution in [2.24, 2.45) is 0 Å². The van der Waals surface area contributed by atoms with E-state index in [1.54, 1.807) is 0 Å². The highest BCUT2D eigenvalue weighted by Gasteiger charge is 2.27. The monoisotopic (exact) mass is 863 g/mol. The van der Waals surface area contributed by atoms with Crippen LogP contribution in [0.5, 0.6) is 0 Å². The minimum absolute atomic E-state index is 0.0211. The number of quaternary nitrogens is 1. The Balaban J connectivity index is 4.38. The number of unbranched alkanes of at least 4 members (excludes halogenated alkanes) is 16. The zero-order valence-corrected chi connectivity index (χ0v) is 39.8. The molecule has 0 aliphatic rings. The number of phosphoric acid groups is 1. The SMILES string of the molecule is CCC/C=C/C/C=C/C/C=C/C/C=C/CCCCCC(=O)O[C@H](COC(=O)CCCCCCCCCCC/C=C/C/C=C/CCCCC)COP(=O)(O)OCC[N+](C)(C)C. The van der Waals surface area contributed by atoms with E-state index in [0.717, 1.165) is 83.5 Å². The molecule has 0 aromatic heterocycles. The first-order valence-electron chi connectivity index (χ1n) is 23.7. The summed E-state index contributed by atoms with van der Waals surface area (Å²) >= 11 is 0. The number of carbonyl (C=O) groups excluding carboxylic acids is 2. The molecule has 0 rings (SSSR count). The van der Waals surface area contributed by atoms with Crippen molar-refractivity contribution >= 4 is 19.8 Å². The molecule has 0 amide bonds. The molecule has 0 aliphatic carbocycles. The molecule has 60 heavy (non-hydrogen) atoms. The second-order valence-corrected chi connectivity index (χ2v) is 18.2. The fraction of sp³-hybridized carbons (Fsp3) is 0.720. The van der Waals surface area contributed by atoms with Gasteiger partial charge in [-0.3, -0.25) is 18.6 Å². The summed E-state index contributed by atoms with van der Waals surface area (Å²) in [6, 6.07) is 0. The van der Waals surface area contributed by atoms with E-state index < -0.39 is 26.5 Å². The first kappa shape index (κ1) is 57.4. The van der Waals surface area contributed by atoms with E-state index in [2.05, 4.69) is 86.8 Å². The summed E-state index contributed by atoms with van der Waals surface area (Å²) in [6.07, 6.45) is 52.3. The van der Waals surface area contributed by atoms with Gasteiger partial charge in [0.25, 0.3) is 0 Å². The first-order chi connectivity index (χ1) is 29.0. The van der Waals surface area contributed by atoms with Crippen molar-refractivity contribution in [2.75, 3.05) is 47.5 Å². The molecule has 0 aromatic rings. The van der Waals surface area contributed by atoms with E-state index in [0.29, 0.717) is 17.4 Å². The number of carbonyl (C=O) groups is 2. The van der Waals surface area contributed by atoms with Gasteiger partial charge in [-0.25, -0.2) is 4.57 Å². The van der Waals surface area contributed by atoms with Crippen molar-refractivity contribution in [1.82, 2.24) is 0 Å². The van der Waals surface area contributed by atoms with E-state index in [-0.39, 0.29) is 32.0 Å². The van der Waals surface area contributed by atoms with Crippen molar-refractivity contribution in [1.29, 1.82) is 0 Å². The van der Waals surface area contributed by atoms with Gasteiger partial charge in [-0.05, 0) is 83.5 Å². The average Bonchev–Trinajstić information content (AvgIpc) is 3.20. The summed E-state index contributed by atoms with van der Waals surface area (Å²) in [6.45, 7) is 4.28. The largest absolute Gasteiger partial charge is 0.472 e. The Hall–Kier alpha value is -2.55. The smallest absolute Gasteiger partial charge is 0.462 e. The molecule has 0 radical (unpaired) electrons. The molecular formula is C50H89NO8P+. The lowest BCUT2D eigenvalue weighted by Gasteiger charge is -2.24. The molecule has 0 saturated heterocycles. The van der Waals surface area contributed by atoms with Crippen LogP contribution in [-0.2, 0) is 32.7 Å². The number of phosphoric ester groups is 1. The molecule has 1 unspecified atom stereocenters. The predicted molar refractivity (Wildman–Crippen MR) is 252 cm³/mol. The number of ether oxygens (including phenoxy) is 2. The highest BCUT2D eigenvalue weighted by Crippen LogP contribution is 2.43. The summed E-state index contributed by atoms with van der Waals surface area (Å²) in [5, 5.41) is 0. The van der Waals surface area contributed by atoms with Crippen molar-refractivity contribution < 1.29 is 42.1 Å². The van der Waals surface area contributed by atoms with Gasteiger partial charge in [0.1, 0.15) is 19.8 Å². The number of nitrogens with zero attached hydrogens (tertiary/aromatic N) is 1. The van der Waals surface area contributed by atoms with Gasteiger partial charge in [0.15, 0.2) is 6.10 Å². The van der Waals surface area contributed by atoms with Crippen molar-refractivity contribution in [3.8, 4) is 0 Å². The highest BCUT2D eigenvalue weighted by atomic mass is 31.2. The number of likely N-dealkylation sites (N-methyl/N-ethyl adjacent to an activating group) is 1. The van der Waals surface area contributed by atoms with Crippen molar-refractivity contribution in [3.05, 3.63) is 72.9 Å². The van der Waals surface area contributed by atoms with Crippen LogP contribution in [-0.4, -0.2) is 74.9 Å². The van der Waals surface area contributed by atoms with Gasteiger partial charge >= 0.3 is 19.8 Å². The van der Waals surface area contributed by atoms with E-state index in [9.17, 15) is 19.0 Å². The number of rotatable bonds is 42. The van der Waals surface area contributed by atoms with Gasteiger partial charge in [-0.1, -0.05) is 157 Å². The predicted octanol–water partition coefficient (Wildman–Crippen LogP) is 13.8. The normalized spacial score (nSPS) is 14.2. The Morgan fingerprint density at radius 1 is 0.517 bits per heavy atom. The van der Waals surface area contributed by atoms with Crippen LogP contribution in [0.1, 0.15) is 181 Å². The van der Waals surface area contributed by atoms with Crippen LogP contribution in [0.4, 0.5) is 0 Å². The molecule has 10 heteroatoms. The summed E-state index contributed by atoms with van der Waals surface area (Å²) in [5.41, 5.74) is 0.